The monoisotopic (exact) mass is 472 g/mol. The van der Waals surface area contributed by atoms with E-state index in [0.29, 0.717) is 12.8 Å². The number of carbonyl (C=O) groups excluding carboxylic acids is 2. The van der Waals surface area contributed by atoms with E-state index in [0.717, 1.165) is 43.5 Å². The van der Waals surface area contributed by atoms with E-state index in [4.69, 9.17) is 0 Å². The lowest BCUT2D eigenvalue weighted by Crippen LogP contribution is -2.30. The van der Waals surface area contributed by atoms with Gasteiger partial charge >= 0.3 is 0 Å². The lowest BCUT2D eigenvalue weighted by Gasteiger charge is -2.26. The van der Waals surface area contributed by atoms with Crippen LogP contribution in [0.5, 0.6) is 0 Å². The van der Waals surface area contributed by atoms with Gasteiger partial charge < -0.3 is 9.80 Å². The molecule has 0 bridgehead atoms. The van der Waals surface area contributed by atoms with Crippen LogP contribution in [-0.2, 0) is 6.42 Å². The molecule has 0 N–H and O–H groups in total. The van der Waals surface area contributed by atoms with Crippen molar-refractivity contribution in [2.45, 2.75) is 70.6 Å². The Labute approximate surface area is 210 Å². The predicted molar refractivity (Wildman–Crippen MR) is 142 cm³/mol. The van der Waals surface area contributed by atoms with E-state index in [9.17, 15) is 9.59 Å². The second-order valence-electron chi connectivity index (χ2n) is 10.8. The number of rotatable bonds is 10. The maximum absolute atomic E-state index is 12.9. The SMILES string of the molecule is O=C(CCCN1CCCCC1)c1ccc2c(c1)Cc1ccc(C(=O)CCCN3CCCCC3)cc1-2. The third-order valence-corrected chi connectivity index (χ3v) is 8.18. The van der Waals surface area contributed by atoms with E-state index in [1.54, 1.807) is 0 Å². The molecule has 0 saturated carbocycles. The smallest absolute Gasteiger partial charge is 0.162 e. The minimum atomic E-state index is 0.249. The van der Waals surface area contributed by atoms with E-state index >= 15 is 0 Å². The minimum absolute atomic E-state index is 0.249. The molecular formula is C31H40N2O2. The number of Topliss-reactive ketones (excluding diaryl/α,β-unsaturated/α-hetero) is 2. The Morgan fingerprint density at radius 2 is 1.14 bits per heavy atom. The molecule has 2 aromatic carbocycles. The Kier molecular flexibility index (Phi) is 8.10. The molecule has 5 rings (SSSR count). The van der Waals surface area contributed by atoms with Gasteiger partial charge in [0.2, 0.25) is 0 Å². The maximum atomic E-state index is 12.9. The molecule has 2 fully saturated rings. The Balaban J connectivity index is 1.17. The molecule has 186 valence electrons. The number of hydrogen-bond acceptors (Lipinski definition) is 4. The average Bonchev–Trinajstić information content (AvgIpc) is 3.27. The molecule has 3 aliphatic rings. The normalized spacial score (nSPS) is 18.3. The number of ketones is 2. The summed E-state index contributed by atoms with van der Waals surface area (Å²) in [6.45, 7) is 6.83. The fraction of sp³-hybridized carbons (Fsp3) is 0.548. The summed E-state index contributed by atoms with van der Waals surface area (Å²) >= 11 is 0. The van der Waals surface area contributed by atoms with Crippen molar-refractivity contribution in [2.75, 3.05) is 39.3 Å². The van der Waals surface area contributed by atoms with Crippen LogP contribution >= 0.6 is 0 Å². The number of fused-ring (bicyclic) bond motifs is 3. The molecule has 0 atom stereocenters. The topological polar surface area (TPSA) is 40.6 Å². The van der Waals surface area contributed by atoms with Crippen LogP contribution in [0.3, 0.4) is 0 Å². The molecule has 0 aromatic heterocycles. The largest absolute Gasteiger partial charge is 0.303 e. The Bertz CT molecular complexity index is 1050. The van der Waals surface area contributed by atoms with Gasteiger partial charge in [0.25, 0.3) is 0 Å². The van der Waals surface area contributed by atoms with Crippen molar-refractivity contribution in [3.05, 3.63) is 58.7 Å². The minimum Gasteiger partial charge on any atom is -0.303 e. The van der Waals surface area contributed by atoms with Gasteiger partial charge in [0.05, 0.1) is 0 Å². The third kappa shape index (κ3) is 6.10. The fourth-order valence-corrected chi connectivity index (χ4v) is 6.12. The van der Waals surface area contributed by atoms with Gasteiger partial charge in [-0.15, -0.1) is 0 Å². The molecule has 0 unspecified atom stereocenters. The second kappa shape index (κ2) is 11.6. The highest BCUT2D eigenvalue weighted by atomic mass is 16.1. The Morgan fingerprint density at radius 1 is 0.600 bits per heavy atom. The number of likely N-dealkylation sites (tertiary alicyclic amines) is 2. The number of hydrogen-bond donors (Lipinski definition) is 0. The highest BCUT2D eigenvalue weighted by molar-refractivity contribution is 5.99. The molecule has 2 saturated heterocycles. The van der Waals surface area contributed by atoms with E-state index < -0.39 is 0 Å². The first-order valence-electron chi connectivity index (χ1n) is 13.9. The molecule has 0 spiro atoms. The van der Waals surface area contributed by atoms with Crippen LogP contribution < -0.4 is 0 Å². The summed E-state index contributed by atoms with van der Waals surface area (Å²) < 4.78 is 0. The van der Waals surface area contributed by atoms with Gasteiger partial charge in [0.15, 0.2) is 11.6 Å². The van der Waals surface area contributed by atoms with E-state index in [1.807, 2.05) is 12.1 Å². The van der Waals surface area contributed by atoms with Crippen LogP contribution in [0.4, 0.5) is 0 Å². The summed E-state index contributed by atoms with van der Waals surface area (Å²) in [4.78, 5) is 30.7. The van der Waals surface area contributed by atoms with Gasteiger partial charge in [0.1, 0.15) is 0 Å². The van der Waals surface area contributed by atoms with E-state index in [2.05, 4.69) is 34.1 Å². The molecule has 35 heavy (non-hydrogen) atoms. The highest BCUT2D eigenvalue weighted by Gasteiger charge is 2.22. The summed E-state index contributed by atoms with van der Waals surface area (Å²) in [5.74, 6) is 0.504. The zero-order valence-electron chi connectivity index (χ0n) is 21.2. The van der Waals surface area contributed by atoms with Gasteiger partial charge in [-0.05, 0) is 119 Å². The summed E-state index contributed by atoms with van der Waals surface area (Å²) in [6.07, 6.45) is 11.9. The van der Waals surface area contributed by atoms with Crippen LogP contribution in [0, 0.1) is 0 Å². The van der Waals surface area contributed by atoms with Crippen molar-refractivity contribution in [2.24, 2.45) is 0 Å². The zero-order chi connectivity index (χ0) is 24.0. The molecular weight excluding hydrogens is 432 g/mol. The van der Waals surface area contributed by atoms with Gasteiger partial charge in [-0.2, -0.15) is 0 Å². The zero-order valence-corrected chi connectivity index (χ0v) is 21.2. The summed E-state index contributed by atoms with van der Waals surface area (Å²) in [5.41, 5.74) is 6.51. The van der Waals surface area contributed by atoms with E-state index in [-0.39, 0.29) is 11.6 Å². The van der Waals surface area contributed by atoms with Crippen molar-refractivity contribution in [1.29, 1.82) is 0 Å². The number of benzene rings is 2. The quantitative estimate of drug-likeness (QED) is 0.332. The van der Waals surface area contributed by atoms with Gasteiger partial charge in [-0.3, -0.25) is 9.59 Å². The first-order chi connectivity index (χ1) is 17.2. The van der Waals surface area contributed by atoms with Gasteiger partial charge in [-0.25, -0.2) is 0 Å². The first kappa shape index (κ1) is 24.4. The fourth-order valence-electron chi connectivity index (χ4n) is 6.12. The third-order valence-electron chi connectivity index (χ3n) is 8.18. The van der Waals surface area contributed by atoms with Crippen molar-refractivity contribution >= 4 is 11.6 Å². The van der Waals surface area contributed by atoms with Crippen molar-refractivity contribution in [3.8, 4) is 11.1 Å². The summed E-state index contributed by atoms with van der Waals surface area (Å²) in [7, 11) is 0. The molecule has 2 aromatic rings. The first-order valence-corrected chi connectivity index (χ1v) is 13.9. The molecule has 1 aliphatic carbocycles. The number of piperidine rings is 2. The van der Waals surface area contributed by atoms with Crippen LogP contribution in [0.1, 0.15) is 96.1 Å². The lowest BCUT2D eigenvalue weighted by atomic mass is 9.97. The maximum Gasteiger partial charge on any atom is 0.162 e. The van der Waals surface area contributed by atoms with E-state index in [1.165, 1.54) is 87.0 Å². The van der Waals surface area contributed by atoms with Crippen molar-refractivity contribution < 1.29 is 9.59 Å². The standard InChI is InChI=1S/C31H40N2O2/c34-30(9-7-19-32-15-3-1-4-16-32)25-13-14-28-27(22-25)21-24-11-12-26(23-29(24)28)31(35)10-8-20-33-17-5-2-6-18-33/h11-14,22-23H,1-10,15-21H2. The molecule has 4 nitrogen and oxygen atoms in total. The van der Waals surface area contributed by atoms with Gasteiger partial charge in [-0.1, -0.05) is 37.1 Å². The second-order valence-corrected chi connectivity index (χ2v) is 10.8. The highest BCUT2D eigenvalue weighted by Crippen LogP contribution is 2.38. The summed E-state index contributed by atoms with van der Waals surface area (Å²) in [6, 6.07) is 12.4. The average molecular weight is 473 g/mol. The number of nitrogens with zero attached hydrogens (tertiary/aromatic N) is 2. The van der Waals surface area contributed by atoms with Crippen molar-refractivity contribution in [3.63, 3.8) is 0 Å². The molecule has 0 amide bonds. The Hall–Kier alpha value is -2.30. The van der Waals surface area contributed by atoms with Gasteiger partial charge in [0, 0.05) is 24.0 Å². The Morgan fingerprint density at radius 3 is 1.74 bits per heavy atom. The summed E-state index contributed by atoms with van der Waals surface area (Å²) in [5, 5.41) is 0. The van der Waals surface area contributed by atoms with Crippen LogP contribution in [-0.4, -0.2) is 60.6 Å². The number of carbonyl (C=O) groups is 2. The molecule has 4 heteroatoms. The van der Waals surface area contributed by atoms with Crippen molar-refractivity contribution in [1.82, 2.24) is 9.80 Å². The molecule has 2 aliphatic heterocycles. The molecule has 2 heterocycles. The predicted octanol–water partition coefficient (Wildman–Crippen LogP) is 6.16. The van der Waals surface area contributed by atoms with Crippen LogP contribution in [0.25, 0.3) is 11.1 Å². The van der Waals surface area contributed by atoms with Crippen LogP contribution in [0.15, 0.2) is 36.4 Å². The van der Waals surface area contributed by atoms with Crippen LogP contribution in [0.2, 0.25) is 0 Å². The lowest BCUT2D eigenvalue weighted by molar-refractivity contribution is 0.0965. The molecule has 0 radical (unpaired) electrons.